The molecule has 3 rings (SSSR count). The second-order valence-corrected chi connectivity index (χ2v) is 5.53. The Morgan fingerprint density at radius 1 is 1.21 bits per heavy atom. The summed E-state index contributed by atoms with van der Waals surface area (Å²) >= 11 is 0. The topological polar surface area (TPSA) is 52.3 Å². The molecule has 2 aliphatic carbocycles. The van der Waals surface area contributed by atoms with Gasteiger partial charge in [-0.2, -0.15) is 0 Å². The highest BCUT2D eigenvalue weighted by Gasteiger charge is 2.49. The Labute approximate surface area is 119 Å². The minimum absolute atomic E-state index is 0. The number of carbonyl (C=O) groups excluding carboxylic acids is 1. The number of halogens is 1. The van der Waals surface area contributed by atoms with Gasteiger partial charge in [0.15, 0.2) is 0 Å². The molecule has 0 saturated heterocycles. The predicted octanol–water partition coefficient (Wildman–Crippen LogP) is 2.53. The summed E-state index contributed by atoms with van der Waals surface area (Å²) < 4.78 is 5.42. The van der Waals surface area contributed by atoms with Crippen LogP contribution in [0.2, 0.25) is 0 Å². The minimum Gasteiger partial charge on any atom is -0.461 e. The maximum absolute atomic E-state index is 12.1. The summed E-state index contributed by atoms with van der Waals surface area (Å²) in [5.41, 5.74) is 7.16. The van der Waals surface area contributed by atoms with Crippen LogP contribution in [0.25, 0.3) is 0 Å². The predicted molar refractivity (Wildman–Crippen MR) is 75.8 cm³/mol. The Kier molecular flexibility index (Phi) is 4.48. The van der Waals surface area contributed by atoms with E-state index in [0.717, 1.165) is 18.4 Å². The molecule has 2 fully saturated rings. The third kappa shape index (κ3) is 2.77. The first-order chi connectivity index (χ1) is 8.75. The SMILES string of the molecule is Cl.NC1C2CCC(C2)C1C(=O)OCc1ccccc1. The van der Waals surface area contributed by atoms with Gasteiger partial charge >= 0.3 is 5.97 Å². The smallest absolute Gasteiger partial charge is 0.311 e. The summed E-state index contributed by atoms with van der Waals surface area (Å²) in [6.45, 7) is 0.361. The first-order valence-electron chi connectivity index (χ1n) is 6.72. The molecule has 0 aromatic heterocycles. The molecule has 2 bridgehead atoms. The summed E-state index contributed by atoms with van der Waals surface area (Å²) in [5, 5.41) is 0. The molecule has 2 N–H and O–H groups in total. The van der Waals surface area contributed by atoms with Gasteiger partial charge in [0.05, 0.1) is 5.92 Å². The van der Waals surface area contributed by atoms with E-state index in [0.29, 0.717) is 18.4 Å². The maximum atomic E-state index is 12.1. The van der Waals surface area contributed by atoms with E-state index in [1.165, 1.54) is 6.42 Å². The first-order valence-corrected chi connectivity index (χ1v) is 6.72. The highest BCUT2D eigenvalue weighted by atomic mass is 35.5. The number of hydrogen-bond donors (Lipinski definition) is 1. The Morgan fingerprint density at radius 3 is 2.53 bits per heavy atom. The van der Waals surface area contributed by atoms with Crippen LogP contribution in [0.15, 0.2) is 30.3 Å². The first kappa shape index (κ1) is 14.4. The molecule has 0 heterocycles. The molecule has 2 aliphatic rings. The third-order valence-corrected chi connectivity index (χ3v) is 4.48. The van der Waals surface area contributed by atoms with Crippen molar-refractivity contribution in [1.29, 1.82) is 0 Å². The summed E-state index contributed by atoms with van der Waals surface area (Å²) in [6, 6.07) is 9.81. The van der Waals surface area contributed by atoms with Crippen LogP contribution < -0.4 is 5.73 Å². The van der Waals surface area contributed by atoms with E-state index in [9.17, 15) is 4.79 Å². The molecule has 0 aliphatic heterocycles. The zero-order chi connectivity index (χ0) is 12.5. The van der Waals surface area contributed by atoms with Crippen molar-refractivity contribution in [3.63, 3.8) is 0 Å². The molecule has 4 unspecified atom stereocenters. The Morgan fingerprint density at radius 2 is 1.89 bits per heavy atom. The number of fused-ring (bicyclic) bond motifs is 2. The van der Waals surface area contributed by atoms with Crippen LogP contribution in [0.5, 0.6) is 0 Å². The number of carbonyl (C=O) groups is 1. The third-order valence-electron chi connectivity index (χ3n) is 4.48. The van der Waals surface area contributed by atoms with Gasteiger partial charge in [0, 0.05) is 6.04 Å². The van der Waals surface area contributed by atoms with E-state index < -0.39 is 0 Å². The lowest BCUT2D eigenvalue weighted by Crippen LogP contribution is -2.40. The second kappa shape index (κ2) is 5.93. The van der Waals surface area contributed by atoms with E-state index >= 15 is 0 Å². The molecular weight excluding hydrogens is 262 g/mol. The molecular formula is C15H20ClNO2. The fourth-order valence-electron chi connectivity index (χ4n) is 3.51. The minimum atomic E-state index is -0.0986. The van der Waals surface area contributed by atoms with E-state index in [2.05, 4.69) is 0 Å². The molecule has 19 heavy (non-hydrogen) atoms. The van der Waals surface area contributed by atoms with Gasteiger partial charge < -0.3 is 10.5 Å². The standard InChI is InChI=1S/C15H19NO2.ClH/c16-14-12-7-6-11(8-12)13(14)15(17)18-9-10-4-2-1-3-5-10;/h1-5,11-14H,6-9,16H2;1H. The molecule has 2 saturated carbocycles. The van der Waals surface area contributed by atoms with Gasteiger partial charge in [-0.25, -0.2) is 0 Å². The number of ether oxygens (including phenoxy) is 1. The van der Waals surface area contributed by atoms with Crippen molar-refractivity contribution in [2.45, 2.75) is 31.9 Å². The molecule has 3 nitrogen and oxygen atoms in total. The van der Waals surface area contributed by atoms with Crippen LogP contribution in [0, 0.1) is 17.8 Å². The molecule has 0 radical (unpaired) electrons. The number of benzene rings is 1. The molecule has 104 valence electrons. The average molecular weight is 282 g/mol. The Hall–Kier alpha value is -1.06. The van der Waals surface area contributed by atoms with Gasteiger partial charge in [-0.3, -0.25) is 4.79 Å². The average Bonchev–Trinajstić information content (AvgIpc) is 2.98. The highest BCUT2D eigenvalue weighted by molar-refractivity contribution is 5.85. The molecule has 4 heteroatoms. The van der Waals surface area contributed by atoms with Crippen molar-refractivity contribution in [2.75, 3.05) is 0 Å². The van der Waals surface area contributed by atoms with Crippen molar-refractivity contribution in [3.8, 4) is 0 Å². The molecule has 1 aromatic rings. The Bertz CT molecular complexity index is 435. The van der Waals surface area contributed by atoms with Crippen molar-refractivity contribution in [3.05, 3.63) is 35.9 Å². The fourth-order valence-corrected chi connectivity index (χ4v) is 3.51. The largest absolute Gasteiger partial charge is 0.461 e. The number of esters is 1. The van der Waals surface area contributed by atoms with E-state index in [1.807, 2.05) is 30.3 Å². The molecule has 1 aromatic carbocycles. The van der Waals surface area contributed by atoms with E-state index in [1.54, 1.807) is 0 Å². The van der Waals surface area contributed by atoms with Gasteiger partial charge in [0.2, 0.25) is 0 Å². The van der Waals surface area contributed by atoms with Gasteiger partial charge in [0.25, 0.3) is 0 Å². The van der Waals surface area contributed by atoms with E-state index in [4.69, 9.17) is 10.5 Å². The monoisotopic (exact) mass is 281 g/mol. The van der Waals surface area contributed by atoms with Crippen LogP contribution in [-0.4, -0.2) is 12.0 Å². The zero-order valence-corrected chi connectivity index (χ0v) is 11.6. The van der Waals surface area contributed by atoms with Crippen LogP contribution >= 0.6 is 12.4 Å². The lowest BCUT2D eigenvalue weighted by molar-refractivity contribution is -0.152. The van der Waals surface area contributed by atoms with Crippen molar-refractivity contribution >= 4 is 18.4 Å². The number of rotatable bonds is 3. The van der Waals surface area contributed by atoms with Gasteiger partial charge in [-0.1, -0.05) is 30.3 Å². The zero-order valence-electron chi connectivity index (χ0n) is 10.8. The van der Waals surface area contributed by atoms with Crippen LogP contribution in [-0.2, 0) is 16.1 Å². The lowest BCUT2D eigenvalue weighted by Gasteiger charge is -2.26. The molecule has 0 amide bonds. The summed E-state index contributed by atoms with van der Waals surface area (Å²) in [5.74, 6) is 0.851. The lowest BCUT2D eigenvalue weighted by atomic mass is 9.85. The van der Waals surface area contributed by atoms with Crippen molar-refractivity contribution in [2.24, 2.45) is 23.5 Å². The normalized spacial score (nSPS) is 31.8. The highest BCUT2D eigenvalue weighted by Crippen LogP contribution is 2.48. The maximum Gasteiger partial charge on any atom is 0.311 e. The van der Waals surface area contributed by atoms with Crippen LogP contribution in [0.3, 0.4) is 0 Å². The molecule has 0 spiro atoms. The summed E-state index contributed by atoms with van der Waals surface area (Å²) in [6.07, 6.45) is 3.45. The van der Waals surface area contributed by atoms with Crippen LogP contribution in [0.4, 0.5) is 0 Å². The molecule has 4 atom stereocenters. The van der Waals surface area contributed by atoms with Gasteiger partial charge in [-0.05, 0) is 36.7 Å². The quantitative estimate of drug-likeness (QED) is 0.866. The summed E-state index contributed by atoms with van der Waals surface area (Å²) in [4.78, 5) is 12.1. The summed E-state index contributed by atoms with van der Waals surface area (Å²) in [7, 11) is 0. The van der Waals surface area contributed by atoms with Crippen LogP contribution in [0.1, 0.15) is 24.8 Å². The number of nitrogens with two attached hydrogens (primary N) is 1. The van der Waals surface area contributed by atoms with Gasteiger partial charge in [0.1, 0.15) is 6.61 Å². The van der Waals surface area contributed by atoms with Gasteiger partial charge in [-0.15, -0.1) is 12.4 Å². The Balaban J connectivity index is 0.00000133. The second-order valence-electron chi connectivity index (χ2n) is 5.53. The van der Waals surface area contributed by atoms with Crippen molar-refractivity contribution < 1.29 is 9.53 Å². The fraction of sp³-hybridized carbons (Fsp3) is 0.533. The number of hydrogen-bond acceptors (Lipinski definition) is 3. The van der Waals surface area contributed by atoms with Crippen molar-refractivity contribution in [1.82, 2.24) is 0 Å². The van der Waals surface area contributed by atoms with E-state index in [-0.39, 0.29) is 30.3 Å².